The first-order chi connectivity index (χ1) is 14.2. The molecule has 4 aromatic rings. The molecule has 1 N–H and O–H groups in total. The number of benzene rings is 3. The summed E-state index contributed by atoms with van der Waals surface area (Å²) >= 11 is 1.57. The van der Waals surface area contributed by atoms with Crippen molar-refractivity contribution in [2.24, 2.45) is 0 Å². The van der Waals surface area contributed by atoms with Crippen molar-refractivity contribution in [1.29, 1.82) is 0 Å². The molecular weight excluding hydrogens is 376 g/mol. The number of nitrogens with zero attached hydrogens (tertiary/aromatic N) is 1. The van der Waals surface area contributed by atoms with Gasteiger partial charge in [-0.3, -0.25) is 4.79 Å². The normalized spacial score (nSPS) is 10.7. The quantitative estimate of drug-likeness (QED) is 0.440. The second kappa shape index (κ2) is 8.84. The van der Waals surface area contributed by atoms with Crippen LogP contribution in [0.15, 0.2) is 84.2 Å². The van der Waals surface area contributed by atoms with Crippen molar-refractivity contribution in [3.8, 4) is 10.6 Å². The summed E-state index contributed by atoms with van der Waals surface area (Å²) in [5.74, 6) is -0.0494. The molecule has 0 aliphatic heterocycles. The molecule has 0 fully saturated rings. The van der Waals surface area contributed by atoms with E-state index in [1.807, 2.05) is 47.8 Å². The van der Waals surface area contributed by atoms with Gasteiger partial charge in [0.05, 0.1) is 12.1 Å². The number of hydrogen-bond donors (Lipinski definition) is 1. The molecule has 0 bridgehead atoms. The van der Waals surface area contributed by atoms with Crippen molar-refractivity contribution in [3.63, 3.8) is 0 Å². The van der Waals surface area contributed by atoms with Crippen LogP contribution in [0.3, 0.4) is 0 Å². The summed E-state index contributed by atoms with van der Waals surface area (Å²) in [5, 5.41) is 5.97. The summed E-state index contributed by atoms with van der Waals surface area (Å²) in [6.45, 7) is 2.07. The largest absolute Gasteiger partial charge is 0.325 e. The zero-order valence-electron chi connectivity index (χ0n) is 16.3. The molecule has 1 heterocycles. The SMILES string of the molecule is Cc1cccc(-c2nc(CC(=O)Nc3ccccc3Cc3ccccc3)cs2)c1. The lowest BCUT2D eigenvalue weighted by Crippen LogP contribution is -2.15. The average Bonchev–Trinajstić information content (AvgIpc) is 3.19. The minimum Gasteiger partial charge on any atom is -0.325 e. The van der Waals surface area contributed by atoms with E-state index in [4.69, 9.17) is 0 Å². The van der Waals surface area contributed by atoms with Gasteiger partial charge in [0.15, 0.2) is 0 Å². The topological polar surface area (TPSA) is 42.0 Å². The molecule has 3 nitrogen and oxygen atoms in total. The van der Waals surface area contributed by atoms with E-state index in [2.05, 4.69) is 53.6 Å². The highest BCUT2D eigenvalue weighted by molar-refractivity contribution is 7.13. The first kappa shape index (κ1) is 19.1. The number of aryl methyl sites for hydroxylation is 1. The average molecular weight is 399 g/mol. The Morgan fingerprint density at radius 3 is 2.59 bits per heavy atom. The monoisotopic (exact) mass is 398 g/mol. The van der Waals surface area contributed by atoms with E-state index < -0.39 is 0 Å². The van der Waals surface area contributed by atoms with Crippen LogP contribution in [-0.4, -0.2) is 10.9 Å². The van der Waals surface area contributed by atoms with Crippen molar-refractivity contribution < 1.29 is 4.79 Å². The highest BCUT2D eigenvalue weighted by atomic mass is 32.1. The van der Waals surface area contributed by atoms with Gasteiger partial charge in [-0.2, -0.15) is 0 Å². The Bertz CT molecular complexity index is 1120. The first-order valence-electron chi connectivity index (χ1n) is 9.60. The summed E-state index contributed by atoms with van der Waals surface area (Å²) in [4.78, 5) is 17.3. The molecule has 3 aromatic carbocycles. The summed E-state index contributed by atoms with van der Waals surface area (Å²) in [6.07, 6.45) is 1.05. The van der Waals surface area contributed by atoms with Gasteiger partial charge in [0, 0.05) is 16.6 Å². The molecule has 1 amide bonds. The Balaban J connectivity index is 1.44. The van der Waals surface area contributed by atoms with Gasteiger partial charge in [0.2, 0.25) is 5.91 Å². The van der Waals surface area contributed by atoms with Gasteiger partial charge in [-0.1, -0.05) is 72.3 Å². The third-order valence-corrected chi connectivity index (χ3v) is 5.63. The van der Waals surface area contributed by atoms with Gasteiger partial charge in [0.25, 0.3) is 0 Å². The zero-order valence-corrected chi connectivity index (χ0v) is 17.1. The third-order valence-electron chi connectivity index (χ3n) is 4.69. The number of carbonyl (C=O) groups is 1. The van der Waals surface area contributed by atoms with Crippen LogP contribution in [0.25, 0.3) is 10.6 Å². The van der Waals surface area contributed by atoms with Crippen molar-refractivity contribution in [1.82, 2.24) is 4.98 Å². The summed E-state index contributed by atoms with van der Waals surface area (Å²) < 4.78 is 0. The standard InChI is InChI=1S/C25H22N2OS/c1-18-8-7-12-21(14-18)25-26-22(17-29-25)16-24(28)27-23-13-6-5-11-20(23)15-19-9-3-2-4-10-19/h2-14,17H,15-16H2,1H3,(H,27,28). The summed E-state index contributed by atoms with van der Waals surface area (Å²) in [6, 6.07) is 26.5. The van der Waals surface area contributed by atoms with Crippen LogP contribution >= 0.6 is 11.3 Å². The van der Waals surface area contributed by atoms with Crippen LogP contribution in [0.5, 0.6) is 0 Å². The molecule has 4 rings (SSSR count). The summed E-state index contributed by atoms with van der Waals surface area (Å²) in [7, 11) is 0. The maximum atomic E-state index is 12.6. The van der Waals surface area contributed by atoms with Crippen molar-refractivity contribution >= 4 is 22.9 Å². The van der Waals surface area contributed by atoms with Crippen LogP contribution < -0.4 is 5.32 Å². The van der Waals surface area contributed by atoms with Crippen LogP contribution in [-0.2, 0) is 17.6 Å². The number of thiazole rings is 1. The zero-order chi connectivity index (χ0) is 20.1. The van der Waals surface area contributed by atoms with E-state index >= 15 is 0 Å². The Morgan fingerprint density at radius 2 is 1.76 bits per heavy atom. The van der Waals surface area contributed by atoms with Crippen molar-refractivity contribution in [2.75, 3.05) is 5.32 Å². The van der Waals surface area contributed by atoms with E-state index in [-0.39, 0.29) is 12.3 Å². The molecule has 4 heteroatoms. The Morgan fingerprint density at radius 1 is 0.966 bits per heavy atom. The van der Waals surface area contributed by atoms with Crippen LogP contribution in [0, 0.1) is 6.92 Å². The summed E-state index contributed by atoms with van der Waals surface area (Å²) in [5.41, 5.74) is 6.27. The molecule has 0 atom stereocenters. The fourth-order valence-electron chi connectivity index (χ4n) is 3.27. The van der Waals surface area contributed by atoms with Crippen LogP contribution in [0.4, 0.5) is 5.69 Å². The minimum atomic E-state index is -0.0494. The number of aromatic nitrogens is 1. The number of carbonyl (C=O) groups excluding carboxylic acids is 1. The highest BCUT2D eigenvalue weighted by Crippen LogP contribution is 2.25. The fourth-order valence-corrected chi connectivity index (χ4v) is 4.09. The predicted octanol–water partition coefficient (Wildman–Crippen LogP) is 5.89. The van der Waals surface area contributed by atoms with Gasteiger partial charge in [0.1, 0.15) is 5.01 Å². The Hall–Kier alpha value is -3.24. The molecule has 0 saturated heterocycles. The number of hydrogen-bond acceptors (Lipinski definition) is 3. The molecule has 0 saturated carbocycles. The second-order valence-electron chi connectivity index (χ2n) is 7.06. The fraction of sp³-hybridized carbons (Fsp3) is 0.120. The van der Waals surface area contributed by atoms with E-state index in [1.54, 1.807) is 11.3 Å². The number of para-hydroxylation sites is 1. The van der Waals surface area contributed by atoms with Crippen LogP contribution in [0.2, 0.25) is 0 Å². The van der Waals surface area contributed by atoms with Gasteiger partial charge < -0.3 is 5.32 Å². The number of nitrogens with one attached hydrogen (secondary N) is 1. The molecule has 1 aromatic heterocycles. The molecule has 0 radical (unpaired) electrons. The lowest BCUT2D eigenvalue weighted by atomic mass is 10.0. The van der Waals surface area contributed by atoms with E-state index in [0.717, 1.165) is 33.9 Å². The first-order valence-corrected chi connectivity index (χ1v) is 10.5. The molecular formula is C25H22N2OS. The molecule has 0 aliphatic rings. The Labute approximate surface area is 175 Å². The maximum absolute atomic E-state index is 12.6. The van der Waals surface area contributed by atoms with Crippen molar-refractivity contribution in [2.45, 2.75) is 19.8 Å². The Kier molecular flexibility index (Phi) is 5.82. The van der Waals surface area contributed by atoms with E-state index in [1.165, 1.54) is 11.1 Å². The highest BCUT2D eigenvalue weighted by Gasteiger charge is 2.11. The van der Waals surface area contributed by atoms with Gasteiger partial charge >= 0.3 is 0 Å². The number of rotatable bonds is 6. The molecule has 29 heavy (non-hydrogen) atoms. The minimum absolute atomic E-state index is 0.0494. The lowest BCUT2D eigenvalue weighted by molar-refractivity contribution is -0.115. The maximum Gasteiger partial charge on any atom is 0.230 e. The number of amides is 1. The molecule has 0 aliphatic carbocycles. The second-order valence-corrected chi connectivity index (χ2v) is 7.92. The number of anilines is 1. The van der Waals surface area contributed by atoms with Gasteiger partial charge in [-0.05, 0) is 36.6 Å². The third kappa shape index (κ3) is 4.98. The predicted molar refractivity (Wildman–Crippen MR) is 120 cm³/mol. The van der Waals surface area contributed by atoms with Crippen molar-refractivity contribution in [3.05, 3.63) is 107 Å². The molecule has 0 unspecified atom stereocenters. The van der Waals surface area contributed by atoms with E-state index in [0.29, 0.717) is 0 Å². The van der Waals surface area contributed by atoms with E-state index in [9.17, 15) is 4.79 Å². The molecule has 144 valence electrons. The smallest absolute Gasteiger partial charge is 0.230 e. The van der Waals surface area contributed by atoms with Gasteiger partial charge in [-0.15, -0.1) is 11.3 Å². The lowest BCUT2D eigenvalue weighted by Gasteiger charge is -2.11. The van der Waals surface area contributed by atoms with Gasteiger partial charge in [-0.25, -0.2) is 4.98 Å². The molecule has 0 spiro atoms. The van der Waals surface area contributed by atoms with Crippen LogP contribution in [0.1, 0.15) is 22.4 Å².